The van der Waals surface area contributed by atoms with Gasteiger partial charge < -0.3 is 25.0 Å². The molecule has 0 amide bonds. The second kappa shape index (κ2) is 7.58. The van der Waals surface area contributed by atoms with Crippen LogP contribution in [-0.2, 0) is 0 Å². The van der Waals surface area contributed by atoms with Crippen molar-refractivity contribution in [3.05, 3.63) is 71.8 Å². The second-order valence-electron chi connectivity index (χ2n) is 8.65. The molecule has 5 heteroatoms. The van der Waals surface area contributed by atoms with E-state index in [4.69, 9.17) is 4.74 Å². The van der Waals surface area contributed by atoms with Crippen LogP contribution in [0.2, 0.25) is 0 Å². The summed E-state index contributed by atoms with van der Waals surface area (Å²) in [5.74, 6) is 0.807. The van der Waals surface area contributed by atoms with Crippen molar-refractivity contribution in [2.24, 2.45) is 0 Å². The molecule has 1 spiro atoms. The van der Waals surface area contributed by atoms with E-state index in [2.05, 4.69) is 29.2 Å². The number of hydrogen-bond acceptors (Lipinski definition) is 5. The van der Waals surface area contributed by atoms with E-state index < -0.39 is 12.2 Å². The molecule has 1 saturated heterocycles. The lowest BCUT2D eigenvalue weighted by Crippen LogP contribution is -2.51. The molecule has 1 fully saturated rings. The fourth-order valence-electron chi connectivity index (χ4n) is 4.84. The van der Waals surface area contributed by atoms with Gasteiger partial charge in [-0.2, -0.15) is 0 Å². The number of phenolic OH excluding ortho intramolecular Hbond substituents is 1. The van der Waals surface area contributed by atoms with E-state index in [0.29, 0.717) is 24.3 Å². The summed E-state index contributed by atoms with van der Waals surface area (Å²) in [5, 5.41) is 33.4. The lowest BCUT2D eigenvalue weighted by atomic mass is 9.81. The SMILES string of the molecule is Oc1ccc2c(c1)[C@@H](O)CC1(CCN(C[C@H](O)c3ccc4ccccc4c3)CC1)O2. The quantitative estimate of drug-likeness (QED) is 0.616. The Morgan fingerprint density at radius 2 is 1.77 bits per heavy atom. The smallest absolute Gasteiger partial charge is 0.126 e. The number of phenols is 1. The van der Waals surface area contributed by atoms with Crippen molar-refractivity contribution in [1.82, 2.24) is 4.90 Å². The van der Waals surface area contributed by atoms with Gasteiger partial charge in [-0.15, -0.1) is 0 Å². The number of aromatic hydroxyl groups is 1. The normalized spacial score (nSPS) is 21.9. The molecule has 0 bridgehead atoms. The van der Waals surface area contributed by atoms with Gasteiger partial charge in [0.15, 0.2) is 0 Å². The van der Waals surface area contributed by atoms with E-state index >= 15 is 0 Å². The van der Waals surface area contributed by atoms with Crippen LogP contribution in [-0.4, -0.2) is 45.5 Å². The maximum Gasteiger partial charge on any atom is 0.126 e. The molecule has 0 aromatic heterocycles. The topological polar surface area (TPSA) is 73.2 Å². The Labute approximate surface area is 176 Å². The number of piperidine rings is 1. The average molecular weight is 405 g/mol. The second-order valence-corrected chi connectivity index (χ2v) is 8.65. The molecule has 0 unspecified atom stereocenters. The molecule has 3 aromatic rings. The molecule has 2 heterocycles. The molecule has 2 aliphatic heterocycles. The van der Waals surface area contributed by atoms with Crippen LogP contribution < -0.4 is 4.74 Å². The third-order valence-corrected chi connectivity index (χ3v) is 6.60. The highest BCUT2D eigenvalue weighted by Gasteiger charge is 2.43. The zero-order valence-corrected chi connectivity index (χ0v) is 16.9. The third-order valence-electron chi connectivity index (χ3n) is 6.60. The van der Waals surface area contributed by atoms with Crippen LogP contribution in [0.3, 0.4) is 0 Å². The van der Waals surface area contributed by atoms with Gasteiger partial charge in [0.05, 0.1) is 12.2 Å². The van der Waals surface area contributed by atoms with E-state index in [1.54, 1.807) is 18.2 Å². The Morgan fingerprint density at radius 1 is 1.00 bits per heavy atom. The Kier molecular flexibility index (Phi) is 4.89. The maximum atomic E-state index is 10.8. The van der Waals surface area contributed by atoms with Gasteiger partial charge in [0, 0.05) is 31.6 Å². The first-order valence-electron chi connectivity index (χ1n) is 10.6. The van der Waals surface area contributed by atoms with Crippen LogP contribution in [0.15, 0.2) is 60.7 Å². The minimum atomic E-state index is -0.629. The molecule has 5 rings (SSSR count). The highest BCUT2D eigenvalue weighted by Crippen LogP contribution is 2.45. The van der Waals surface area contributed by atoms with Crippen molar-refractivity contribution < 1.29 is 20.1 Å². The number of β-amino-alcohol motifs (C(OH)–C–C–N with tert-alkyl or cyclic N) is 1. The van der Waals surface area contributed by atoms with Crippen molar-refractivity contribution in [3.8, 4) is 11.5 Å². The number of rotatable bonds is 3. The van der Waals surface area contributed by atoms with Gasteiger partial charge in [-0.25, -0.2) is 0 Å². The number of likely N-dealkylation sites (tertiary alicyclic amines) is 1. The number of aliphatic hydroxyl groups excluding tert-OH is 2. The van der Waals surface area contributed by atoms with E-state index in [-0.39, 0.29) is 11.4 Å². The van der Waals surface area contributed by atoms with E-state index in [9.17, 15) is 15.3 Å². The molecular weight excluding hydrogens is 378 g/mol. The predicted octanol–water partition coefficient (Wildman–Crippen LogP) is 3.93. The zero-order chi connectivity index (χ0) is 20.7. The lowest BCUT2D eigenvalue weighted by molar-refractivity contribution is -0.0588. The van der Waals surface area contributed by atoms with Gasteiger partial charge in [0.2, 0.25) is 0 Å². The number of ether oxygens (including phenoxy) is 1. The lowest BCUT2D eigenvalue weighted by Gasteiger charge is -2.46. The molecule has 2 aliphatic rings. The monoisotopic (exact) mass is 405 g/mol. The van der Waals surface area contributed by atoms with Crippen molar-refractivity contribution in [1.29, 1.82) is 0 Å². The Hall–Kier alpha value is -2.60. The zero-order valence-electron chi connectivity index (χ0n) is 16.9. The molecule has 156 valence electrons. The Bertz CT molecular complexity index is 1060. The van der Waals surface area contributed by atoms with Crippen molar-refractivity contribution in [2.75, 3.05) is 19.6 Å². The van der Waals surface area contributed by atoms with Gasteiger partial charge in [-0.1, -0.05) is 36.4 Å². The summed E-state index contributed by atoms with van der Waals surface area (Å²) in [6, 6.07) is 19.2. The van der Waals surface area contributed by atoms with Gasteiger partial charge in [-0.3, -0.25) is 0 Å². The summed E-state index contributed by atoms with van der Waals surface area (Å²) < 4.78 is 6.31. The molecule has 30 heavy (non-hydrogen) atoms. The van der Waals surface area contributed by atoms with Gasteiger partial charge in [-0.05, 0) is 53.4 Å². The summed E-state index contributed by atoms with van der Waals surface area (Å²) >= 11 is 0. The van der Waals surface area contributed by atoms with Crippen molar-refractivity contribution >= 4 is 10.8 Å². The third kappa shape index (κ3) is 3.65. The van der Waals surface area contributed by atoms with Crippen LogP contribution in [0.1, 0.15) is 42.6 Å². The molecule has 3 aromatic carbocycles. The Morgan fingerprint density at radius 3 is 2.57 bits per heavy atom. The number of benzene rings is 3. The molecular formula is C25H27NO4. The fourth-order valence-corrected chi connectivity index (χ4v) is 4.84. The van der Waals surface area contributed by atoms with Crippen LogP contribution in [0.4, 0.5) is 0 Å². The first kappa shape index (κ1) is 19.4. The summed E-state index contributed by atoms with van der Waals surface area (Å²) in [6.45, 7) is 2.21. The summed E-state index contributed by atoms with van der Waals surface area (Å²) in [6.07, 6.45) is 0.967. The average Bonchev–Trinajstić information content (AvgIpc) is 2.76. The minimum absolute atomic E-state index is 0.143. The van der Waals surface area contributed by atoms with Gasteiger partial charge in [0.25, 0.3) is 0 Å². The summed E-state index contributed by atoms with van der Waals surface area (Å²) in [5.41, 5.74) is 1.22. The van der Waals surface area contributed by atoms with Crippen LogP contribution in [0, 0.1) is 0 Å². The molecule has 0 radical (unpaired) electrons. The van der Waals surface area contributed by atoms with Crippen LogP contribution in [0.5, 0.6) is 11.5 Å². The molecule has 5 nitrogen and oxygen atoms in total. The standard InChI is InChI=1S/C25H27NO4/c27-20-7-8-24-21(14-20)22(28)15-25(30-24)9-11-26(12-10-25)16-23(29)19-6-5-17-3-1-2-4-18(17)13-19/h1-8,13-14,22-23,27-29H,9-12,15-16H2/t22-,23-/m0/s1. The van der Waals surface area contributed by atoms with Gasteiger partial charge >= 0.3 is 0 Å². The van der Waals surface area contributed by atoms with E-state index in [1.165, 1.54) is 5.39 Å². The highest BCUT2D eigenvalue weighted by atomic mass is 16.5. The van der Waals surface area contributed by atoms with E-state index in [0.717, 1.165) is 36.9 Å². The number of fused-ring (bicyclic) bond motifs is 2. The molecule has 2 atom stereocenters. The number of nitrogens with zero attached hydrogens (tertiary/aromatic N) is 1. The van der Waals surface area contributed by atoms with Gasteiger partial charge in [0.1, 0.15) is 17.1 Å². The first-order chi connectivity index (χ1) is 14.5. The molecule has 0 aliphatic carbocycles. The maximum absolute atomic E-state index is 10.8. The van der Waals surface area contributed by atoms with Crippen LogP contribution in [0.25, 0.3) is 10.8 Å². The molecule has 3 N–H and O–H groups in total. The predicted molar refractivity (Wildman–Crippen MR) is 116 cm³/mol. The highest BCUT2D eigenvalue weighted by molar-refractivity contribution is 5.83. The van der Waals surface area contributed by atoms with Crippen molar-refractivity contribution in [3.63, 3.8) is 0 Å². The largest absolute Gasteiger partial charge is 0.508 e. The molecule has 0 saturated carbocycles. The number of hydrogen-bond donors (Lipinski definition) is 3. The van der Waals surface area contributed by atoms with Crippen molar-refractivity contribution in [2.45, 2.75) is 37.1 Å². The summed E-state index contributed by atoms with van der Waals surface area (Å²) in [7, 11) is 0. The summed E-state index contributed by atoms with van der Waals surface area (Å²) in [4.78, 5) is 2.27. The number of aliphatic hydroxyl groups is 2. The fraction of sp³-hybridized carbons (Fsp3) is 0.360. The minimum Gasteiger partial charge on any atom is -0.508 e. The Balaban J connectivity index is 1.24. The van der Waals surface area contributed by atoms with Crippen LogP contribution >= 0.6 is 0 Å². The first-order valence-corrected chi connectivity index (χ1v) is 10.6. The van der Waals surface area contributed by atoms with E-state index in [1.807, 2.05) is 18.2 Å².